The Hall–Kier alpha value is -3.38. The van der Waals surface area contributed by atoms with Crippen molar-refractivity contribution in [3.63, 3.8) is 0 Å². The van der Waals surface area contributed by atoms with Gasteiger partial charge in [0.1, 0.15) is 5.54 Å². The van der Waals surface area contributed by atoms with Crippen molar-refractivity contribution in [2.75, 3.05) is 24.4 Å². The van der Waals surface area contributed by atoms with E-state index in [1.165, 1.54) is 12.7 Å². The number of hydrogen-bond donors (Lipinski definition) is 1. The monoisotopic (exact) mass is 558 g/mol. The lowest BCUT2D eigenvalue weighted by atomic mass is 9.64. The van der Waals surface area contributed by atoms with Gasteiger partial charge in [-0.25, -0.2) is 4.79 Å². The summed E-state index contributed by atoms with van der Waals surface area (Å²) in [5.41, 5.74) is 3.68. The molecular weight excluding hydrogens is 528 g/mol. The summed E-state index contributed by atoms with van der Waals surface area (Å²) in [4.78, 5) is 28.5. The summed E-state index contributed by atoms with van der Waals surface area (Å²) in [7, 11) is 3.28. The number of fused-ring (bicyclic) bond motifs is 2. The minimum atomic E-state index is -0.879. The van der Waals surface area contributed by atoms with Gasteiger partial charge in [0.2, 0.25) is 5.91 Å². The molecule has 3 aromatic carbocycles. The van der Waals surface area contributed by atoms with E-state index in [-0.39, 0.29) is 11.9 Å². The molecule has 3 aromatic rings. The van der Waals surface area contributed by atoms with Crippen LogP contribution in [0.3, 0.4) is 0 Å². The van der Waals surface area contributed by atoms with E-state index in [0.717, 1.165) is 33.4 Å². The Labute approximate surface area is 226 Å². The van der Waals surface area contributed by atoms with Crippen molar-refractivity contribution in [2.24, 2.45) is 0 Å². The first kappa shape index (κ1) is 25.3. The number of likely N-dealkylation sites (N-methyl/N-ethyl adjacent to an activating group) is 1. The van der Waals surface area contributed by atoms with Crippen LogP contribution in [0.2, 0.25) is 0 Å². The first-order valence-electron chi connectivity index (χ1n) is 12.6. The fourth-order valence-electron chi connectivity index (χ4n) is 5.83. The van der Waals surface area contributed by atoms with Crippen molar-refractivity contribution in [3.8, 4) is 0 Å². The molecular formula is C31H31BrN2O3. The molecule has 0 unspecified atom stereocenters. The number of amides is 1. The third-order valence-electron chi connectivity index (χ3n) is 7.86. The summed E-state index contributed by atoms with van der Waals surface area (Å²) in [5, 5.41) is 3.46. The third-order valence-corrected chi connectivity index (χ3v) is 8.35. The Kier molecular flexibility index (Phi) is 6.95. The number of carbonyl (C=O) groups is 2. The number of allylic oxidation sites excluding steroid dienone is 1. The minimum absolute atomic E-state index is 0.105. The molecule has 1 N–H and O–H groups in total. The first-order chi connectivity index (χ1) is 17.9. The number of hydrogen-bond acceptors (Lipinski definition) is 4. The van der Waals surface area contributed by atoms with Crippen molar-refractivity contribution >= 4 is 45.3 Å². The average Bonchev–Trinajstić information content (AvgIpc) is 3.12. The highest BCUT2D eigenvalue weighted by Crippen LogP contribution is 2.52. The highest BCUT2D eigenvalue weighted by molar-refractivity contribution is 9.10. The van der Waals surface area contributed by atoms with Gasteiger partial charge in [0.05, 0.1) is 12.5 Å². The Morgan fingerprint density at radius 1 is 1.03 bits per heavy atom. The van der Waals surface area contributed by atoms with Crippen molar-refractivity contribution in [1.29, 1.82) is 0 Å². The molecule has 0 radical (unpaired) electrons. The quantitative estimate of drug-likeness (QED) is 0.350. The predicted octanol–water partition coefficient (Wildman–Crippen LogP) is 6.52. The van der Waals surface area contributed by atoms with Crippen LogP contribution in [0.1, 0.15) is 42.4 Å². The number of esters is 1. The molecule has 1 spiro atoms. The molecule has 1 fully saturated rings. The number of nitrogens with zero attached hydrogens (tertiary/aromatic N) is 1. The molecule has 6 heteroatoms. The van der Waals surface area contributed by atoms with Crippen LogP contribution >= 0.6 is 15.9 Å². The van der Waals surface area contributed by atoms with E-state index < -0.39 is 11.0 Å². The van der Waals surface area contributed by atoms with Gasteiger partial charge in [-0.15, -0.1) is 0 Å². The number of methoxy groups -OCH3 is 1. The van der Waals surface area contributed by atoms with E-state index in [4.69, 9.17) is 4.74 Å². The largest absolute Gasteiger partial charge is 0.467 e. The molecule has 0 saturated heterocycles. The van der Waals surface area contributed by atoms with Gasteiger partial charge in [-0.1, -0.05) is 70.5 Å². The summed E-state index contributed by atoms with van der Waals surface area (Å²) in [6.07, 6.45) is 7.27. The topological polar surface area (TPSA) is 58.6 Å². The van der Waals surface area contributed by atoms with Crippen molar-refractivity contribution in [2.45, 2.75) is 43.1 Å². The lowest BCUT2D eigenvalue weighted by molar-refractivity contribution is -0.148. The second kappa shape index (κ2) is 10.2. The van der Waals surface area contributed by atoms with E-state index in [1.807, 2.05) is 55.6 Å². The lowest BCUT2D eigenvalue weighted by Gasteiger charge is -2.43. The molecule has 1 amide bonds. The number of carbonyl (C=O) groups excluding carboxylic acids is 2. The van der Waals surface area contributed by atoms with Gasteiger partial charge in [0, 0.05) is 22.9 Å². The van der Waals surface area contributed by atoms with E-state index in [9.17, 15) is 9.59 Å². The molecule has 0 atom stereocenters. The van der Waals surface area contributed by atoms with E-state index in [0.29, 0.717) is 25.7 Å². The SMILES string of the molecule is COC(=O)C1(Nc2cccc(Br)c2)CCC2(CC1)C(=O)N(C)c1ccc(/C=C/Cc3ccccc3)cc12. The van der Waals surface area contributed by atoms with Gasteiger partial charge in [-0.3, -0.25) is 4.79 Å². The third kappa shape index (κ3) is 4.71. The molecule has 5 rings (SSSR count). The zero-order valence-electron chi connectivity index (χ0n) is 21.2. The number of benzene rings is 3. The molecule has 0 aromatic heterocycles. The van der Waals surface area contributed by atoms with Crippen LogP contribution in [-0.4, -0.2) is 31.6 Å². The fourth-order valence-corrected chi connectivity index (χ4v) is 6.23. The fraction of sp³-hybridized carbons (Fsp3) is 0.290. The number of ether oxygens (including phenoxy) is 1. The van der Waals surface area contributed by atoms with Crippen molar-refractivity contribution in [3.05, 3.63) is 100 Å². The molecule has 1 aliphatic carbocycles. The Balaban J connectivity index is 1.42. The Morgan fingerprint density at radius 3 is 2.49 bits per heavy atom. The summed E-state index contributed by atoms with van der Waals surface area (Å²) in [5.74, 6) is -0.187. The molecule has 1 heterocycles. The standard InChI is InChI=1S/C31H31BrN2O3/c1-34-27-15-14-23(11-6-10-22-8-4-3-5-9-22)20-26(27)30(28(34)35)16-18-31(19-17-30,29(36)37-2)33-25-13-7-12-24(32)21-25/h3-9,11-15,20-21,33H,10,16-19H2,1-2H3/b11-6+. The maximum Gasteiger partial charge on any atom is 0.331 e. The van der Waals surface area contributed by atoms with Gasteiger partial charge in [0.25, 0.3) is 0 Å². The highest BCUT2D eigenvalue weighted by Gasteiger charge is 2.56. The smallest absolute Gasteiger partial charge is 0.331 e. The Morgan fingerprint density at radius 2 is 1.78 bits per heavy atom. The zero-order valence-corrected chi connectivity index (χ0v) is 22.8. The van der Waals surface area contributed by atoms with Crippen molar-refractivity contribution < 1.29 is 14.3 Å². The molecule has 37 heavy (non-hydrogen) atoms. The average molecular weight is 560 g/mol. The van der Waals surface area contributed by atoms with Gasteiger partial charge in [-0.2, -0.15) is 0 Å². The lowest BCUT2D eigenvalue weighted by Crippen LogP contribution is -2.54. The molecule has 1 aliphatic heterocycles. The normalized spacial score (nSPS) is 22.9. The van der Waals surface area contributed by atoms with E-state index >= 15 is 0 Å². The maximum atomic E-state index is 13.7. The summed E-state index contributed by atoms with van der Waals surface area (Å²) in [6.45, 7) is 0. The molecule has 190 valence electrons. The van der Waals surface area contributed by atoms with Gasteiger partial charge < -0.3 is 15.0 Å². The molecule has 5 nitrogen and oxygen atoms in total. The second-order valence-corrected chi connectivity index (χ2v) is 10.9. The van der Waals surface area contributed by atoms with Crippen LogP contribution < -0.4 is 10.2 Å². The predicted molar refractivity (Wildman–Crippen MR) is 152 cm³/mol. The van der Waals surface area contributed by atoms with Crippen LogP contribution in [0.4, 0.5) is 11.4 Å². The first-order valence-corrected chi connectivity index (χ1v) is 13.4. The van der Waals surface area contributed by atoms with Crippen LogP contribution in [0.5, 0.6) is 0 Å². The van der Waals surface area contributed by atoms with Crippen LogP contribution in [0.15, 0.2) is 83.3 Å². The second-order valence-electron chi connectivity index (χ2n) is 10.0. The van der Waals surface area contributed by atoms with Crippen LogP contribution in [0, 0.1) is 0 Å². The van der Waals surface area contributed by atoms with Gasteiger partial charge in [0.15, 0.2) is 0 Å². The number of anilines is 2. The van der Waals surface area contributed by atoms with Gasteiger partial charge in [-0.05, 0) is 79.1 Å². The van der Waals surface area contributed by atoms with Crippen LogP contribution in [-0.2, 0) is 26.2 Å². The van der Waals surface area contributed by atoms with Gasteiger partial charge >= 0.3 is 5.97 Å². The summed E-state index contributed by atoms with van der Waals surface area (Å²) >= 11 is 3.51. The number of halogens is 1. The molecule has 1 saturated carbocycles. The van der Waals surface area contributed by atoms with Crippen LogP contribution in [0.25, 0.3) is 6.08 Å². The zero-order chi connectivity index (χ0) is 26.0. The maximum absolute atomic E-state index is 13.7. The van der Waals surface area contributed by atoms with Crippen molar-refractivity contribution in [1.82, 2.24) is 0 Å². The summed E-state index contributed by atoms with van der Waals surface area (Å²) in [6, 6.07) is 24.4. The minimum Gasteiger partial charge on any atom is -0.467 e. The number of rotatable bonds is 6. The van der Waals surface area contributed by atoms with E-state index in [1.54, 1.807) is 4.90 Å². The summed E-state index contributed by atoms with van der Waals surface area (Å²) < 4.78 is 6.18. The molecule has 2 aliphatic rings. The molecule has 0 bridgehead atoms. The number of nitrogens with one attached hydrogen (secondary N) is 1. The van der Waals surface area contributed by atoms with E-state index in [2.05, 4.69) is 57.7 Å². The Bertz CT molecular complexity index is 1340. The highest BCUT2D eigenvalue weighted by atomic mass is 79.9.